The molecule has 0 spiro atoms. The third-order valence-electron chi connectivity index (χ3n) is 5.38. The number of ether oxygens (including phenoxy) is 2. The number of anilines is 1. The fourth-order valence-electron chi connectivity index (χ4n) is 3.80. The normalized spacial score (nSPS) is 18.8. The summed E-state index contributed by atoms with van der Waals surface area (Å²) >= 11 is 0. The van der Waals surface area contributed by atoms with Crippen LogP contribution in [-0.2, 0) is 11.2 Å². The molecule has 0 saturated carbocycles. The van der Waals surface area contributed by atoms with Gasteiger partial charge in [-0.2, -0.15) is 0 Å². The Bertz CT molecular complexity index is 903. The van der Waals surface area contributed by atoms with Gasteiger partial charge in [0.1, 0.15) is 13.2 Å². The van der Waals surface area contributed by atoms with Gasteiger partial charge in [-0.05, 0) is 37.5 Å². The van der Waals surface area contributed by atoms with Gasteiger partial charge in [-0.25, -0.2) is 4.79 Å². The largest absolute Gasteiger partial charge is 0.486 e. The van der Waals surface area contributed by atoms with E-state index in [9.17, 15) is 9.59 Å². The van der Waals surface area contributed by atoms with Gasteiger partial charge in [-0.1, -0.05) is 30.3 Å². The Morgan fingerprint density at radius 3 is 2.70 bits per heavy atom. The summed E-state index contributed by atoms with van der Waals surface area (Å²) in [5.41, 5.74) is 2.01. The summed E-state index contributed by atoms with van der Waals surface area (Å²) in [6.45, 7) is 3.45. The summed E-state index contributed by atoms with van der Waals surface area (Å²) in [7, 11) is 0. The van der Waals surface area contributed by atoms with Crippen LogP contribution in [0.15, 0.2) is 48.5 Å². The lowest BCUT2D eigenvalue weighted by atomic mass is 10.1. The van der Waals surface area contributed by atoms with Crippen molar-refractivity contribution < 1.29 is 19.1 Å². The van der Waals surface area contributed by atoms with E-state index >= 15 is 0 Å². The van der Waals surface area contributed by atoms with Crippen LogP contribution in [-0.4, -0.2) is 43.8 Å². The average molecular weight is 409 g/mol. The van der Waals surface area contributed by atoms with Crippen LogP contribution >= 0.6 is 0 Å². The molecule has 1 saturated heterocycles. The highest BCUT2D eigenvalue weighted by Gasteiger charge is 2.32. The van der Waals surface area contributed by atoms with E-state index < -0.39 is 0 Å². The van der Waals surface area contributed by atoms with Crippen molar-refractivity contribution in [3.8, 4) is 11.5 Å². The molecule has 7 heteroatoms. The van der Waals surface area contributed by atoms with Crippen LogP contribution in [0.1, 0.15) is 25.3 Å². The maximum absolute atomic E-state index is 12.5. The van der Waals surface area contributed by atoms with Crippen LogP contribution in [0.4, 0.5) is 10.5 Å². The molecule has 2 unspecified atom stereocenters. The highest BCUT2D eigenvalue weighted by molar-refractivity contribution is 5.97. The van der Waals surface area contributed by atoms with Crippen molar-refractivity contribution in [2.45, 2.75) is 38.3 Å². The Labute approximate surface area is 176 Å². The summed E-state index contributed by atoms with van der Waals surface area (Å²) in [5.74, 6) is 1.32. The second-order valence-electron chi connectivity index (χ2n) is 7.78. The standard InChI is InChI=1S/C23H27N3O4/c1-16(7-8-17-5-3-2-4-6-17)24-23(28)25-18-13-22(27)26(15-18)19-9-10-20-21(14-19)30-12-11-29-20/h2-6,9-10,14,16,18H,7-8,11-13,15H2,1H3,(H2,24,25,28). The maximum atomic E-state index is 12.5. The molecular formula is C23H27N3O4. The van der Waals surface area contributed by atoms with Gasteiger partial charge >= 0.3 is 6.03 Å². The number of nitrogens with zero attached hydrogens (tertiary/aromatic N) is 1. The van der Waals surface area contributed by atoms with Gasteiger partial charge in [0.15, 0.2) is 11.5 Å². The summed E-state index contributed by atoms with van der Waals surface area (Å²) in [4.78, 5) is 26.6. The predicted molar refractivity (Wildman–Crippen MR) is 114 cm³/mol. The second-order valence-corrected chi connectivity index (χ2v) is 7.78. The van der Waals surface area contributed by atoms with E-state index in [2.05, 4.69) is 22.8 Å². The number of hydrogen-bond donors (Lipinski definition) is 2. The molecule has 0 aromatic heterocycles. The number of carbonyl (C=O) groups is 2. The molecule has 2 atom stereocenters. The van der Waals surface area contributed by atoms with Crippen molar-refractivity contribution in [1.29, 1.82) is 0 Å². The topological polar surface area (TPSA) is 79.9 Å². The number of aryl methyl sites for hydroxylation is 1. The fraction of sp³-hybridized carbons (Fsp3) is 0.391. The van der Waals surface area contributed by atoms with Gasteiger partial charge in [-0.3, -0.25) is 4.79 Å². The van der Waals surface area contributed by atoms with Crippen molar-refractivity contribution in [3.05, 3.63) is 54.1 Å². The minimum absolute atomic E-state index is 0.0193. The Morgan fingerprint density at radius 2 is 1.90 bits per heavy atom. The van der Waals surface area contributed by atoms with Gasteiger partial charge in [0.25, 0.3) is 0 Å². The molecule has 7 nitrogen and oxygen atoms in total. The number of benzene rings is 2. The van der Waals surface area contributed by atoms with E-state index in [1.807, 2.05) is 43.3 Å². The molecule has 2 N–H and O–H groups in total. The molecule has 1 fully saturated rings. The molecule has 0 radical (unpaired) electrons. The zero-order valence-corrected chi connectivity index (χ0v) is 17.1. The number of urea groups is 1. The minimum atomic E-state index is -0.239. The number of rotatable bonds is 6. The summed E-state index contributed by atoms with van der Waals surface area (Å²) in [6.07, 6.45) is 2.03. The van der Waals surface area contributed by atoms with Crippen molar-refractivity contribution in [1.82, 2.24) is 10.6 Å². The average Bonchev–Trinajstić information content (AvgIpc) is 3.12. The first-order chi connectivity index (χ1) is 14.6. The van der Waals surface area contributed by atoms with E-state index in [-0.39, 0.29) is 30.4 Å². The number of amides is 3. The molecule has 4 rings (SSSR count). The van der Waals surface area contributed by atoms with Crippen molar-refractivity contribution in [3.63, 3.8) is 0 Å². The van der Waals surface area contributed by atoms with Crippen molar-refractivity contribution >= 4 is 17.6 Å². The Balaban J connectivity index is 1.27. The molecular weight excluding hydrogens is 382 g/mol. The van der Waals surface area contributed by atoms with Crippen LogP contribution in [0.25, 0.3) is 0 Å². The van der Waals surface area contributed by atoms with Gasteiger partial charge in [0, 0.05) is 30.8 Å². The molecule has 2 aliphatic heterocycles. The number of fused-ring (bicyclic) bond motifs is 1. The lowest BCUT2D eigenvalue weighted by Crippen LogP contribution is -2.46. The zero-order valence-electron chi connectivity index (χ0n) is 17.1. The first-order valence-electron chi connectivity index (χ1n) is 10.4. The molecule has 2 aliphatic rings. The summed E-state index contributed by atoms with van der Waals surface area (Å²) < 4.78 is 11.1. The van der Waals surface area contributed by atoms with Gasteiger partial charge < -0.3 is 25.0 Å². The van der Waals surface area contributed by atoms with E-state index in [0.29, 0.717) is 31.3 Å². The maximum Gasteiger partial charge on any atom is 0.315 e. The first kappa shape index (κ1) is 20.1. The van der Waals surface area contributed by atoms with Crippen molar-refractivity contribution in [2.75, 3.05) is 24.7 Å². The Kier molecular flexibility index (Phi) is 6.07. The lowest BCUT2D eigenvalue weighted by Gasteiger charge is -2.22. The Morgan fingerprint density at radius 1 is 1.13 bits per heavy atom. The lowest BCUT2D eigenvalue weighted by molar-refractivity contribution is -0.117. The van der Waals surface area contributed by atoms with E-state index in [1.54, 1.807) is 4.90 Å². The van der Waals surface area contributed by atoms with E-state index in [1.165, 1.54) is 5.56 Å². The number of carbonyl (C=O) groups excluding carboxylic acids is 2. The van der Waals surface area contributed by atoms with Crippen LogP contribution in [0.3, 0.4) is 0 Å². The zero-order chi connectivity index (χ0) is 20.9. The van der Waals surface area contributed by atoms with E-state index in [4.69, 9.17) is 9.47 Å². The summed E-state index contributed by atoms with van der Waals surface area (Å²) in [5, 5.41) is 5.90. The minimum Gasteiger partial charge on any atom is -0.486 e. The van der Waals surface area contributed by atoms with Crippen LogP contribution in [0.2, 0.25) is 0 Å². The molecule has 2 aromatic carbocycles. The molecule has 0 aliphatic carbocycles. The van der Waals surface area contributed by atoms with Gasteiger partial charge in [-0.15, -0.1) is 0 Å². The molecule has 2 heterocycles. The third-order valence-corrected chi connectivity index (χ3v) is 5.38. The second kappa shape index (κ2) is 9.07. The molecule has 3 amide bonds. The highest BCUT2D eigenvalue weighted by Crippen LogP contribution is 2.35. The molecule has 30 heavy (non-hydrogen) atoms. The number of nitrogens with one attached hydrogen (secondary N) is 2. The van der Waals surface area contributed by atoms with Crippen LogP contribution < -0.4 is 25.0 Å². The smallest absolute Gasteiger partial charge is 0.315 e. The monoisotopic (exact) mass is 409 g/mol. The first-order valence-corrected chi connectivity index (χ1v) is 10.4. The van der Waals surface area contributed by atoms with E-state index in [0.717, 1.165) is 18.5 Å². The fourth-order valence-corrected chi connectivity index (χ4v) is 3.80. The van der Waals surface area contributed by atoms with Crippen molar-refractivity contribution in [2.24, 2.45) is 0 Å². The predicted octanol–water partition coefficient (Wildman–Crippen LogP) is 2.88. The number of hydrogen-bond acceptors (Lipinski definition) is 4. The van der Waals surface area contributed by atoms with Gasteiger partial charge in [0.05, 0.1) is 6.04 Å². The SMILES string of the molecule is CC(CCc1ccccc1)NC(=O)NC1CC(=O)N(c2ccc3c(c2)OCCO3)C1. The quantitative estimate of drug-likeness (QED) is 0.769. The highest BCUT2D eigenvalue weighted by atomic mass is 16.6. The Hall–Kier alpha value is -3.22. The van der Waals surface area contributed by atoms with Crippen LogP contribution in [0, 0.1) is 0 Å². The third kappa shape index (κ3) is 4.84. The van der Waals surface area contributed by atoms with Gasteiger partial charge in [0.2, 0.25) is 5.91 Å². The molecule has 158 valence electrons. The molecule has 2 aromatic rings. The summed E-state index contributed by atoms with van der Waals surface area (Å²) in [6, 6.07) is 15.3. The molecule has 0 bridgehead atoms. The van der Waals surface area contributed by atoms with Crippen LogP contribution in [0.5, 0.6) is 11.5 Å².